The number of hydrogen-bond acceptors (Lipinski definition) is 1. The molecule has 1 atom stereocenters. The van der Waals surface area contributed by atoms with Gasteiger partial charge in [0.15, 0.2) is 0 Å². The van der Waals surface area contributed by atoms with Crippen LogP contribution in [-0.4, -0.2) is 13.6 Å². The predicted molar refractivity (Wildman–Crippen MR) is 56.8 cm³/mol. The second-order valence-electron chi connectivity index (χ2n) is 3.60. The lowest BCUT2D eigenvalue weighted by Crippen LogP contribution is -2.14. The van der Waals surface area contributed by atoms with Crippen LogP contribution in [0.15, 0.2) is 30.3 Å². The minimum Gasteiger partial charge on any atom is -0.319 e. The van der Waals surface area contributed by atoms with Gasteiger partial charge in [-0.1, -0.05) is 30.3 Å². The van der Waals surface area contributed by atoms with Gasteiger partial charge in [0.2, 0.25) is 0 Å². The van der Waals surface area contributed by atoms with E-state index in [1.807, 2.05) is 7.05 Å². The van der Waals surface area contributed by atoms with Crippen LogP contribution in [0.5, 0.6) is 0 Å². The summed E-state index contributed by atoms with van der Waals surface area (Å²) in [6.45, 7) is 3.23. The maximum Gasteiger partial charge on any atom is 0.0155 e. The minimum absolute atomic E-state index is 0.571. The highest BCUT2D eigenvalue weighted by atomic mass is 14.8. The molecule has 0 saturated carbocycles. The zero-order chi connectivity index (χ0) is 9.26. The van der Waals surface area contributed by atoms with Crippen LogP contribution in [0.25, 0.3) is 5.57 Å². The van der Waals surface area contributed by atoms with Crippen LogP contribution in [0.3, 0.4) is 0 Å². The molecule has 1 aliphatic carbocycles. The third kappa shape index (κ3) is 1.40. The van der Waals surface area contributed by atoms with Gasteiger partial charge in [0.05, 0.1) is 0 Å². The molecule has 1 nitrogen and oxygen atoms in total. The van der Waals surface area contributed by atoms with Crippen molar-refractivity contribution in [3.8, 4) is 0 Å². The van der Waals surface area contributed by atoms with Crippen molar-refractivity contribution in [1.82, 2.24) is 5.32 Å². The molecule has 0 spiro atoms. The van der Waals surface area contributed by atoms with Gasteiger partial charge in [0, 0.05) is 12.5 Å². The average molecular weight is 173 g/mol. The molecule has 1 unspecified atom stereocenters. The first-order valence-electron chi connectivity index (χ1n) is 4.75. The molecule has 0 saturated heterocycles. The first-order valence-corrected chi connectivity index (χ1v) is 4.75. The first-order chi connectivity index (χ1) is 6.33. The molecule has 0 amide bonds. The molecule has 1 aromatic carbocycles. The normalized spacial score (nSPS) is 19.8. The second-order valence-corrected chi connectivity index (χ2v) is 3.60. The van der Waals surface area contributed by atoms with Gasteiger partial charge in [0.1, 0.15) is 0 Å². The summed E-state index contributed by atoms with van der Waals surface area (Å²) in [5.74, 6) is 0.571. The minimum atomic E-state index is 0.571. The number of nitrogens with one attached hydrogen (secondary N) is 1. The van der Waals surface area contributed by atoms with E-state index >= 15 is 0 Å². The van der Waals surface area contributed by atoms with Gasteiger partial charge in [-0.05, 0) is 30.7 Å². The molecule has 1 aromatic rings. The van der Waals surface area contributed by atoms with Crippen LogP contribution in [0.4, 0.5) is 0 Å². The van der Waals surface area contributed by atoms with Crippen LogP contribution in [0, 0.1) is 0 Å². The Labute approximate surface area is 79.5 Å². The molecule has 2 rings (SSSR count). The summed E-state index contributed by atoms with van der Waals surface area (Å²) in [6, 6.07) is 8.66. The maximum atomic E-state index is 3.23. The van der Waals surface area contributed by atoms with Gasteiger partial charge >= 0.3 is 0 Å². The molecule has 0 aromatic heterocycles. The highest BCUT2D eigenvalue weighted by molar-refractivity contribution is 5.73. The van der Waals surface area contributed by atoms with Crippen molar-refractivity contribution in [3.63, 3.8) is 0 Å². The Morgan fingerprint density at radius 3 is 2.85 bits per heavy atom. The third-order valence-corrected chi connectivity index (χ3v) is 2.66. The predicted octanol–water partition coefficient (Wildman–Crippen LogP) is 2.41. The highest BCUT2D eigenvalue weighted by Crippen LogP contribution is 2.34. The second kappa shape index (κ2) is 3.35. The average Bonchev–Trinajstić information content (AvgIpc) is 2.46. The fraction of sp³-hybridized carbons (Fsp3) is 0.333. The van der Waals surface area contributed by atoms with E-state index in [0.717, 1.165) is 6.54 Å². The van der Waals surface area contributed by atoms with Gasteiger partial charge in [-0.3, -0.25) is 0 Å². The van der Waals surface area contributed by atoms with E-state index in [-0.39, 0.29) is 0 Å². The summed E-state index contributed by atoms with van der Waals surface area (Å²) in [5, 5.41) is 3.23. The molecule has 13 heavy (non-hydrogen) atoms. The third-order valence-electron chi connectivity index (χ3n) is 2.66. The van der Waals surface area contributed by atoms with E-state index in [1.165, 1.54) is 16.7 Å². The molecule has 0 heterocycles. The lowest BCUT2D eigenvalue weighted by atomic mass is 10.0. The van der Waals surface area contributed by atoms with Crippen molar-refractivity contribution < 1.29 is 0 Å². The number of allylic oxidation sites excluding steroid dienone is 1. The molecule has 1 heteroatoms. The molecule has 1 N–H and O–H groups in total. The Kier molecular flexibility index (Phi) is 2.19. The Balaban J connectivity index is 2.38. The van der Waals surface area contributed by atoms with E-state index in [1.54, 1.807) is 0 Å². The highest BCUT2D eigenvalue weighted by Gasteiger charge is 2.19. The van der Waals surface area contributed by atoms with Crippen molar-refractivity contribution >= 4 is 5.57 Å². The summed E-state index contributed by atoms with van der Waals surface area (Å²) in [5.41, 5.74) is 4.30. The van der Waals surface area contributed by atoms with Crippen molar-refractivity contribution in [1.29, 1.82) is 0 Å². The summed E-state index contributed by atoms with van der Waals surface area (Å²) in [6.07, 6.45) is 2.35. The van der Waals surface area contributed by atoms with Gasteiger partial charge < -0.3 is 5.32 Å². The molecular weight excluding hydrogens is 158 g/mol. The van der Waals surface area contributed by atoms with E-state index in [2.05, 4.69) is 42.6 Å². The lowest BCUT2D eigenvalue weighted by Gasteiger charge is -2.09. The fourth-order valence-electron chi connectivity index (χ4n) is 2.05. The smallest absolute Gasteiger partial charge is 0.0155 e. The molecule has 68 valence electrons. The van der Waals surface area contributed by atoms with E-state index in [9.17, 15) is 0 Å². The van der Waals surface area contributed by atoms with Gasteiger partial charge in [-0.2, -0.15) is 0 Å². The van der Waals surface area contributed by atoms with Crippen molar-refractivity contribution in [2.24, 2.45) is 0 Å². The van der Waals surface area contributed by atoms with Crippen LogP contribution in [0.2, 0.25) is 0 Å². The summed E-state index contributed by atoms with van der Waals surface area (Å²) in [4.78, 5) is 0. The van der Waals surface area contributed by atoms with E-state index in [0.29, 0.717) is 5.92 Å². The standard InChI is InChI=1S/C12H15N/c1-9-7-10(8-13-2)12-6-4-3-5-11(9)12/h3-7,10,13H,8H2,1-2H3. The topological polar surface area (TPSA) is 12.0 Å². The molecule has 0 fully saturated rings. The van der Waals surface area contributed by atoms with Crippen LogP contribution < -0.4 is 5.32 Å². The zero-order valence-electron chi connectivity index (χ0n) is 8.17. The SMILES string of the molecule is CNCC1C=C(C)c2ccccc21. The Morgan fingerprint density at radius 1 is 1.31 bits per heavy atom. The fourth-order valence-corrected chi connectivity index (χ4v) is 2.05. The number of benzene rings is 1. The van der Waals surface area contributed by atoms with Gasteiger partial charge in [0.25, 0.3) is 0 Å². The zero-order valence-corrected chi connectivity index (χ0v) is 8.17. The molecule has 0 radical (unpaired) electrons. The molecule has 1 aliphatic rings. The number of likely N-dealkylation sites (N-methyl/N-ethyl adjacent to an activating group) is 1. The first kappa shape index (κ1) is 8.52. The van der Waals surface area contributed by atoms with Gasteiger partial charge in [-0.25, -0.2) is 0 Å². The summed E-state index contributed by atoms with van der Waals surface area (Å²) >= 11 is 0. The Morgan fingerprint density at radius 2 is 2.08 bits per heavy atom. The van der Waals surface area contributed by atoms with E-state index in [4.69, 9.17) is 0 Å². The molecule has 0 aliphatic heterocycles. The summed E-state index contributed by atoms with van der Waals surface area (Å²) in [7, 11) is 2.00. The van der Waals surface area contributed by atoms with Crippen molar-refractivity contribution in [2.75, 3.05) is 13.6 Å². The van der Waals surface area contributed by atoms with E-state index < -0.39 is 0 Å². The molecule has 0 bridgehead atoms. The number of rotatable bonds is 2. The summed E-state index contributed by atoms with van der Waals surface area (Å²) < 4.78 is 0. The number of hydrogen-bond donors (Lipinski definition) is 1. The maximum absolute atomic E-state index is 3.23. The van der Waals surface area contributed by atoms with Crippen LogP contribution in [0.1, 0.15) is 24.0 Å². The monoisotopic (exact) mass is 173 g/mol. The Bertz CT molecular complexity index is 339. The quantitative estimate of drug-likeness (QED) is 0.724. The van der Waals surface area contributed by atoms with Crippen LogP contribution >= 0.6 is 0 Å². The largest absolute Gasteiger partial charge is 0.319 e. The van der Waals surface area contributed by atoms with Crippen molar-refractivity contribution in [3.05, 3.63) is 41.5 Å². The lowest BCUT2D eigenvalue weighted by molar-refractivity contribution is 0.732. The Hall–Kier alpha value is -1.08. The van der Waals surface area contributed by atoms with Crippen LogP contribution in [-0.2, 0) is 0 Å². The van der Waals surface area contributed by atoms with Crippen molar-refractivity contribution in [2.45, 2.75) is 12.8 Å². The van der Waals surface area contributed by atoms with Gasteiger partial charge in [-0.15, -0.1) is 0 Å². The number of fused-ring (bicyclic) bond motifs is 1. The molecular formula is C12H15N.